The zero-order valence-corrected chi connectivity index (χ0v) is 10.4. The number of hydrogen-bond donors (Lipinski definition) is 1. The Labute approximate surface area is 101 Å². The highest BCUT2D eigenvalue weighted by atomic mass is 16.5. The van der Waals surface area contributed by atoms with Crippen LogP contribution < -0.4 is 5.32 Å². The van der Waals surface area contributed by atoms with Gasteiger partial charge < -0.3 is 10.1 Å². The molecule has 0 fully saturated rings. The maximum absolute atomic E-state index is 5.26. The lowest BCUT2D eigenvalue weighted by atomic mass is 10.2. The van der Waals surface area contributed by atoms with Gasteiger partial charge in [-0.3, -0.25) is 0 Å². The molecule has 90 valence electrons. The van der Waals surface area contributed by atoms with Crippen LogP contribution in [0.3, 0.4) is 0 Å². The van der Waals surface area contributed by atoms with Crippen LogP contribution in [0.25, 0.3) is 10.9 Å². The van der Waals surface area contributed by atoms with Crippen LogP contribution in [-0.4, -0.2) is 23.3 Å². The molecule has 1 aromatic heterocycles. The molecule has 4 nitrogen and oxygen atoms in total. The van der Waals surface area contributed by atoms with Crippen LogP contribution in [0.1, 0.15) is 19.0 Å². The highest BCUT2D eigenvalue weighted by molar-refractivity contribution is 5.81. The first kappa shape index (κ1) is 11.8. The number of para-hydroxylation sites is 1. The lowest BCUT2D eigenvalue weighted by Gasteiger charge is -2.15. The molecule has 0 saturated carbocycles. The number of aromatic nitrogens is 2. The summed E-state index contributed by atoms with van der Waals surface area (Å²) in [5.74, 6) is 0.620. The molecule has 1 heterocycles. The van der Waals surface area contributed by atoms with E-state index in [1.54, 1.807) is 7.11 Å². The first-order valence-corrected chi connectivity index (χ1v) is 5.77. The van der Waals surface area contributed by atoms with Crippen molar-refractivity contribution in [3.8, 4) is 0 Å². The van der Waals surface area contributed by atoms with Crippen LogP contribution in [0.4, 0.5) is 5.95 Å². The van der Waals surface area contributed by atoms with Crippen molar-refractivity contribution in [1.82, 2.24) is 9.97 Å². The summed E-state index contributed by atoms with van der Waals surface area (Å²) in [6.45, 7) is 4.04. The smallest absolute Gasteiger partial charge is 0.225 e. The van der Waals surface area contributed by atoms with Crippen molar-refractivity contribution in [2.24, 2.45) is 0 Å². The molecule has 1 aromatic carbocycles. The summed E-state index contributed by atoms with van der Waals surface area (Å²) in [4.78, 5) is 8.90. The first-order chi connectivity index (χ1) is 8.24. The lowest BCUT2D eigenvalue weighted by Crippen LogP contribution is -2.22. The summed E-state index contributed by atoms with van der Waals surface area (Å²) in [6.07, 6.45) is 0.821. The van der Waals surface area contributed by atoms with E-state index in [4.69, 9.17) is 4.74 Å². The van der Waals surface area contributed by atoms with Crippen molar-refractivity contribution in [3.63, 3.8) is 0 Å². The van der Waals surface area contributed by atoms with Gasteiger partial charge >= 0.3 is 0 Å². The first-order valence-electron chi connectivity index (χ1n) is 5.77. The summed E-state index contributed by atoms with van der Waals surface area (Å²) in [5.41, 5.74) is 1.93. The summed E-state index contributed by atoms with van der Waals surface area (Å²) >= 11 is 0. The molecule has 0 aliphatic heterocycles. The van der Waals surface area contributed by atoms with Gasteiger partial charge in [0.25, 0.3) is 0 Å². The molecule has 0 saturated heterocycles. The number of hydrogen-bond acceptors (Lipinski definition) is 4. The Morgan fingerprint density at radius 2 is 2.06 bits per heavy atom. The number of nitrogens with zero attached hydrogens (tertiary/aromatic N) is 2. The van der Waals surface area contributed by atoms with E-state index < -0.39 is 0 Å². The Bertz CT molecular complexity index is 509. The van der Waals surface area contributed by atoms with E-state index in [1.165, 1.54) is 0 Å². The largest absolute Gasteiger partial charge is 0.362 e. The van der Waals surface area contributed by atoms with E-state index in [2.05, 4.69) is 22.2 Å². The number of benzene rings is 1. The fourth-order valence-electron chi connectivity index (χ4n) is 1.77. The molecule has 0 aliphatic carbocycles. The summed E-state index contributed by atoms with van der Waals surface area (Å²) in [6, 6.07) is 7.99. The van der Waals surface area contributed by atoms with Crippen molar-refractivity contribution in [3.05, 3.63) is 30.0 Å². The second kappa shape index (κ2) is 5.10. The van der Waals surface area contributed by atoms with Crippen LogP contribution in [0.5, 0.6) is 0 Å². The third kappa shape index (κ3) is 2.53. The highest BCUT2D eigenvalue weighted by Gasteiger charge is 2.08. The van der Waals surface area contributed by atoms with E-state index in [9.17, 15) is 0 Å². The van der Waals surface area contributed by atoms with E-state index in [-0.39, 0.29) is 6.23 Å². The Kier molecular flexibility index (Phi) is 3.54. The molecular weight excluding hydrogens is 214 g/mol. The number of anilines is 1. The third-order valence-electron chi connectivity index (χ3n) is 2.74. The summed E-state index contributed by atoms with van der Waals surface area (Å²) < 4.78 is 5.26. The minimum absolute atomic E-state index is 0.0458. The fourth-order valence-corrected chi connectivity index (χ4v) is 1.77. The highest BCUT2D eigenvalue weighted by Crippen LogP contribution is 2.17. The maximum Gasteiger partial charge on any atom is 0.225 e. The average Bonchev–Trinajstić information content (AvgIpc) is 2.36. The Hall–Kier alpha value is -1.68. The number of aryl methyl sites for hydroxylation is 1. The van der Waals surface area contributed by atoms with Gasteiger partial charge in [-0.15, -0.1) is 0 Å². The Morgan fingerprint density at radius 1 is 1.29 bits per heavy atom. The fraction of sp³-hybridized carbons (Fsp3) is 0.385. The van der Waals surface area contributed by atoms with Crippen molar-refractivity contribution in [1.29, 1.82) is 0 Å². The molecule has 1 atom stereocenters. The summed E-state index contributed by atoms with van der Waals surface area (Å²) in [5, 5.41) is 4.25. The van der Waals surface area contributed by atoms with Gasteiger partial charge in [0, 0.05) is 12.5 Å². The molecule has 0 radical (unpaired) electrons. The predicted molar refractivity (Wildman–Crippen MR) is 69.0 cm³/mol. The molecule has 0 spiro atoms. The van der Waals surface area contributed by atoms with Crippen LogP contribution in [0.15, 0.2) is 24.3 Å². The van der Waals surface area contributed by atoms with Gasteiger partial charge in [0.2, 0.25) is 5.95 Å². The van der Waals surface area contributed by atoms with E-state index in [0.29, 0.717) is 5.95 Å². The zero-order valence-electron chi connectivity index (χ0n) is 10.4. The van der Waals surface area contributed by atoms with E-state index >= 15 is 0 Å². The molecule has 0 aliphatic rings. The van der Waals surface area contributed by atoms with Gasteiger partial charge in [0.05, 0.1) is 11.2 Å². The molecule has 2 aromatic rings. The topological polar surface area (TPSA) is 47.0 Å². The predicted octanol–water partition coefficient (Wildman–Crippen LogP) is 2.73. The van der Waals surface area contributed by atoms with Gasteiger partial charge in [-0.1, -0.05) is 25.1 Å². The van der Waals surface area contributed by atoms with Gasteiger partial charge in [0.15, 0.2) is 0 Å². The molecule has 1 unspecified atom stereocenters. The van der Waals surface area contributed by atoms with Crippen molar-refractivity contribution < 1.29 is 4.74 Å². The maximum atomic E-state index is 5.26. The standard InChI is InChI=1S/C13H17N3O/c1-4-12(17-3)16-13-14-9(2)10-7-5-6-8-11(10)15-13/h5-8,12H,4H2,1-3H3,(H,14,15,16). The number of nitrogens with one attached hydrogen (secondary N) is 1. The number of fused-ring (bicyclic) bond motifs is 1. The Morgan fingerprint density at radius 3 is 2.76 bits per heavy atom. The van der Waals surface area contributed by atoms with Gasteiger partial charge in [-0.25, -0.2) is 9.97 Å². The van der Waals surface area contributed by atoms with Crippen LogP contribution >= 0.6 is 0 Å². The molecule has 17 heavy (non-hydrogen) atoms. The summed E-state index contributed by atoms with van der Waals surface area (Å²) in [7, 11) is 1.68. The number of rotatable bonds is 4. The third-order valence-corrected chi connectivity index (χ3v) is 2.74. The zero-order chi connectivity index (χ0) is 12.3. The lowest BCUT2D eigenvalue weighted by molar-refractivity contribution is 0.122. The van der Waals surface area contributed by atoms with Crippen LogP contribution in [0.2, 0.25) is 0 Å². The van der Waals surface area contributed by atoms with Crippen molar-refractivity contribution >= 4 is 16.9 Å². The molecule has 0 bridgehead atoms. The van der Waals surface area contributed by atoms with Gasteiger partial charge in [0.1, 0.15) is 6.23 Å². The quantitative estimate of drug-likeness (QED) is 0.822. The second-order valence-electron chi connectivity index (χ2n) is 3.93. The van der Waals surface area contributed by atoms with Crippen LogP contribution in [0, 0.1) is 6.92 Å². The SMILES string of the molecule is CCC(Nc1nc(C)c2ccccc2n1)OC. The van der Waals surface area contributed by atoms with Crippen molar-refractivity contribution in [2.45, 2.75) is 26.5 Å². The van der Waals surface area contributed by atoms with Gasteiger partial charge in [-0.05, 0) is 19.4 Å². The molecular formula is C13H17N3O. The van der Waals surface area contributed by atoms with Crippen molar-refractivity contribution in [2.75, 3.05) is 12.4 Å². The molecule has 1 N–H and O–H groups in total. The van der Waals surface area contributed by atoms with E-state index in [0.717, 1.165) is 23.0 Å². The second-order valence-corrected chi connectivity index (χ2v) is 3.93. The number of methoxy groups -OCH3 is 1. The minimum Gasteiger partial charge on any atom is -0.362 e. The van der Waals surface area contributed by atoms with E-state index in [1.807, 2.05) is 31.2 Å². The van der Waals surface area contributed by atoms with Crippen LogP contribution in [-0.2, 0) is 4.74 Å². The minimum atomic E-state index is -0.0458. The normalized spacial score (nSPS) is 12.6. The molecule has 2 rings (SSSR count). The van der Waals surface area contributed by atoms with Gasteiger partial charge in [-0.2, -0.15) is 0 Å². The Balaban J connectivity index is 2.36. The number of ether oxygens (including phenoxy) is 1. The molecule has 4 heteroatoms. The average molecular weight is 231 g/mol. The monoisotopic (exact) mass is 231 g/mol. The molecule has 0 amide bonds.